The third-order valence-electron chi connectivity index (χ3n) is 4.93. The van der Waals surface area contributed by atoms with Crippen molar-refractivity contribution >= 4 is 27.6 Å². The zero-order valence-corrected chi connectivity index (χ0v) is 15.6. The van der Waals surface area contributed by atoms with Gasteiger partial charge in [-0.05, 0) is 23.5 Å². The lowest BCUT2D eigenvalue weighted by Crippen LogP contribution is -2.13. The maximum absolute atomic E-state index is 7.60. The van der Waals surface area contributed by atoms with Crippen LogP contribution in [0.3, 0.4) is 0 Å². The van der Waals surface area contributed by atoms with Gasteiger partial charge in [0.1, 0.15) is 11.2 Å². The molecular formula is C24H21NO. The van der Waals surface area contributed by atoms with Crippen LogP contribution >= 0.6 is 0 Å². The Morgan fingerprint density at radius 2 is 1.50 bits per heavy atom. The van der Waals surface area contributed by atoms with E-state index in [0.717, 1.165) is 33.1 Å². The summed E-state index contributed by atoms with van der Waals surface area (Å²) in [6.07, 6.45) is 0. The van der Waals surface area contributed by atoms with E-state index in [1.165, 1.54) is 11.1 Å². The lowest BCUT2D eigenvalue weighted by Gasteiger charge is -2.21. The maximum Gasteiger partial charge on any atom is 0.198 e. The van der Waals surface area contributed by atoms with Gasteiger partial charge in [0, 0.05) is 21.9 Å². The molecule has 0 spiro atoms. The highest BCUT2D eigenvalue weighted by atomic mass is 16.3. The molecule has 26 heavy (non-hydrogen) atoms. The molecule has 0 aliphatic carbocycles. The minimum absolute atomic E-state index is 0.0208. The van der Waals surface area contributed by atoms with Gasteiger partial charge in [0.05, 0.1) is 6.57 Å². The van der Waals surface area contributed by atoms with E-state index < -0.39 is 0 Å². The van der Waals surface area contributed by atoms with Crippen LogP contribution in [0.2, 0.25) is 0 Å². The van der Waals surface area contributed by atoms with E-state index in [2.05, 4.69) is 44.7 Å². The predicted octanol–water partition coefficient (Wildman–Crippen LogP) is 7.41. The van der Waals surface area contributed by atoms with E-state index >= 15 is 0 Å². The Bertz CT molecular complexity index is 1170. The van der Waals surface area contributed by atoms with Crippen molar-refractivity contribution in [3.8, 4) is 11.1 Å². The lowest BCUT2D eigenvalue weighted by molar-refractivity contribution is 0.569. The number of nitrogens with zero attached hydrogens (tertiary/aromatic N) is 1. The van der Waals surface area contributed by atoms with Crippen molar-refractivity contribution in [2.75, 3.05) is 0 Å². The number of furan rings is 1. The van der Waals surface area contributed by atoms with Gasteiger partial charge in [-0.3, -0.25) is 0 Å². The largest absolute Gasteiger partial charge is 0.456 e. The Kier molecular flexibility index (Phi) is 3.63. The average Bonchev–Trinajstić information content (AvgIpc) is 2.98. The summed E-state index contributed by atoms with van der Waals surface area (Å²) in [5, 5.41) is 2.18. The average molecular weight is 339 g/mol. The molecule has 0 fully saturated rings. The van der Waals surface area contributed by atoms with Crippen LogP contribution in [0.15, 0.2) is 59.0 Å². The van der Waals surface area contributed by atoms with Crippen LogP contribution in [-0.4, -0.2) is 0 Å². The summed E-state index contributed by atoms with van der Waals surface area (Å²) in [4.78, 5) is 3.75. The van der Waals surface area contributed by atoms with Crippen molar-refractivity contribution in [1.29, 1.82) is 0 Å². The molecular weight excluding hydrogens is 318 g/mol. The van der Waals surface area contributed by atoms with Crippen LogP contribution in [0.25, 0.3) is 37.9 Å². The number of fused-ring (bicyclic) bond motifs is 3. The minimum atomic E-state index is -0.0208. The van der Waals surface area contributed by atoms with E-state index in [9.17, 15) is 0 Å². The summed E-state index contributed by atoms with van der Waals surface area (Å²) in [7, 11) is 0. The normalized spacial score (nSPS) is 11.8. The fraction of sp³-hybridized carbons (Fsp3) is 0.208. The van der Waals surface area contributed by atoms with Gasteiger partial charge in [-0.25, -0.2) is 4.85 Å². The zero-order valence-electron chi connectivity index (χ0n) is 15.6. The molecule has 0 radical (unpaired) electrons. The number of aryl methyl sites for hydroxylation is 1. The Labute approximate surface area is 153 Å². The summed E-state index contributed by atoms with van der Waals surface area (Å²) >= 11 is 0. The molecule has 0 atom stereocenters. The van der Waals surface area contributed by atoms with Crippen molar-refractivity contribution in [3.63, 3.8) is 0 Å². The molecule has 0 saturated heterocycles. The van der Waals surface area contributed by atoms with Gasteiger partial charge >= 0.3 is 0 Å². The molecule has 2 heteroatoms. The van der Waals surface area contributed by atoms with Crippen LogP contribution < -0.4 is 0 Å². The molecule has 0 aliphatic heterocycles. The molecule has 4 rings (SSSR count). The topological polar surface area (TPSA) is 17.5 Å². The molecule has 1 aromatic heterocycles. The molecule has 0 saturated carbocycles. The number of benzene rings is 3. The summed E-state index contributed by atoms with van der Waals surface area (Å²) in [6, 6.07) is 18.3. The molecule has 4 aromatic rings. The SMILES string of the molecule is [C-]#[N+]c1ccc2c(oc3c(C(C)(C)C)c(C)ccc32)c1-c1ccccc1. The molecule has 0 N–H and O–H groups in total. The van der Waals surface area contributed by atoms with Gasteiger partial charge in [-0.1, -0.05) is 75.4 Å². The van der Waals surface area contributed by atoms with Crippen molar-refractivity contribution in [3.05, 3.63) is 77.1 Å². The molecule has 0 bridgehead atoms. The summed E-state index contributed by atoms with van der Waals surface area (Å²) in [6.45, 7) is 16.4. The van der Waals surface area contributed by atoms with Gasteiger partial charge in [-0.15, -0.1) is 0 Å². The molecule has 128 valence electrons. The second-order valence-electron chi connectivity index (χ2n) is 7.80. The van der Waals surface area contributed by atoms with Crippen molar-refractivity contribution < 1.29 is 4.42 Å². The fourth-order valence-electron chi connectivity index (χ4n) is 3.90. The minimum Gasteiger partial charge on any atom is -0.456 e. The highest BCUT2D eigenvalue weighted by Crippen LogP contribution is 2.44. The fourth-order valence-corrected chi connectivity index (χ4v) is 3.90. The van der Waals surface area contributed by atoms with E-state index in [0.29, 0.717) is 5.69 Å². The Balaban J connectivity index is 2.19. The van der Waals surface area contributed by atoms with Crippen LogP contribution in [-0.2, 0) is 5.41 Å². The smallest absolute Gasteiger partial charge is 0.198 e. The van der Waals surface area contributed by atoms with Crippen LogP contribution in [0.4, 0.5) is 5.69 Å². The molecule has 3 aromatic carbocycles. The number of rotatable bonds is 1. The third kappa shape index (κ3) is 2.40. The molecule has 0 amide bonds. The van der Waals surface area contributed by atoms with Gasteiger partial charge in [0.2, 0.25) is 0 Å². The number of hydrogen-bond acceptors (Lipinski definition) is 1. The molecule has 0 unspecified atom stereocenters. The Morgan fingerprint density at radius 1 is 0.846 bits per heavy atom. The van der Waals surface area contributed by atoms with E-state index in [1.54, 1.807) is 0 Å². The summed E-state index contributed by atoms with van der Waals surface area (Å²) in [5.74, 6) is 0. The molecule has 0 aliphatic rings. The standard InChI is InChI=1S/C24H21NO/c1-15-11-12-18-17-13-14-19(25-5)20(16-9-7-6-8-10-16)22(17)26-23(18)21(15)24(2,3)4/h6-14H,1-4H3. The Morgan fingerprint density at radius 3 is 2.15 bits per heavy atom. The zero-order chi connectivity index (χ0) is 18.5. The number of hydrogen-bond donors (Lipinski definition) is 0. The van der Waals surface area contributed by atoms with Crippen molar-refractivity contribution in [1.82, 2.24) is 0 Å². The van der Waals surface area contributed by atoms with Gasteiger partial charge in [-0.2, -0.15) is 0 Å². The quantitative estimate of drug-likeness (QED) is 0.330. The molecule has 2 nitrogen and oxygen atoms in total. The maximum atomic E-state index is 7.60. The van der Waals surface area contributed by atoms with Gasteiger partial charge in [0.15, 0.2) is 5.69 Å². The van der Waals surface area contributed by atoms with Gasteiger partial charge in [0.25, 0.3) is 0 Å². The highest BCUT2D eigenvalue weighted by Gasteiger charge is 2.24. The van der Waals surface area contributed by atoms with Crippen LogP contribution in [0.5, 0.6) is 0 Å². The molecule has 1 heterocycles. The van der Waals surface area contributed by atoms with E-state index in [4.69, 9.17) is 11.0 Å². The summed E-state index contributed by atoms with van der Waals surface area (Å²) in [5.41, 5.74) is 6.70. The first-order valence-electron chi connectivity index (χ1n) is 8.84. The van der Waals surface area contributed by atoms with Crippen molar-refractivity contribution in [2.24, 2.45) is 0 Å². The highest BCUT2D eigenvalue weighted by molar-refractivity contribution is 6.13. The first kappa shape index (κ1) is 16.4. The Hall–Kier alpha value is -3.05. The van der Waals surface area contributed by atoms with Crippen LogP contribution in [0, 0.1) is 13.5 Å². The second kappa shape index (κ2) is 5.75. The van der Waals surface area contributed by atoms with Crippen molar-refractivity contribution in [2.45, 2.75) is 33.1 Å². The second-order valence-corrected chi connectivity index (χ2v) is 7.80. The first-order valence-corrected chi connectivity index (χ1v) is 8.84. The first-order chi connectivity index (χ1) is 12.4. The third-order valence-corrected chi connectivity index (χ3v) is 4.93. The van der Waals surface area contributed by atoms with E-state index in [1.807, 2.05) is 42.5 Å². The van der Waals surface area contributed by atoms with E-state index in [-0.39, 0.29) is 5.41 Å². The monoisotopic (exact) mass is 339 g/mol. The van der Waals surface area contributed by atoms with Gasteiger partial charge < -0.3 is 4.42 Å². The summed E-state index contributed by atoms with van der Waals surface area (Å²) < 4.78 is 6.48. The predicted molar refractivity (Wildman–Crippen MR) is 109 cm³/mol. The lowest BCUT2D eigenvalue weighted by atomic mass is 9.83. The van der Waals surface area contributed by atoms with Crippen LogP contribution in [0.1, 0.15) is 31.9 Å².